The van der Waals surface area contributed by atoms with Crippen molar-refractivity contribution in [2.45, 2.75) is 39.3 Å². The fraction of sp³-hybridized carbons (Fsp3) is 0.444. The molecule has 0 radical (unpaired) electrons. The highest BCUT2D eigenvalue weighted by Crippen LogP contribution is 2.21. The van der Waals surface area contributed by atoms with Gasteiger partial charge in [0.25, 0.3) is 0 Å². The van der Waals surface area contributed by atoms with E-state index in [0.29, 0.717) is 24.7 Å². The number of hydrogen-bond donors (Lipinski definition) is 1. The van der Waals surface area contributed by atoms with Crippen molar-refractivity contribution in [3.8, 4) is 0 Å². The van der Waals surface area contributed by atoms with Crippen molar-refractivity contribution in [2.24, 2.45) is 0 Å². The molecule has 1 N–H and O–H groups in total. The quantitative estimate of drug-likeness (QED) is 0.890. The number of carbonyl (C=O) groups excluding carboxylic acids is 1. The van der Waals surface area contributed by atoms with Crippen LogP contribution in [0.2, 0.25) is 5.02 Å². The van der Waals surface area contributed by atoms with Crippen LogP contribution in [0.4, 0.5) is 4.79 Å². The van der Waals surface area contributed by atoms with Crippen molar-refractivity contribution in [1.82, 2.24) is 30.2 Å². The van der Waals surface area contributed by atoms with Gasteiger partial charge < -0.3 is 10.2 Å². The Bertz CT molecular complexity index is 800. The zero-order valence-electron chi connectivity index (χ0n) is 15.0. The third-order valence-electron chi connectivity index (χ3n) is 4.38. The maximum atomic E-state index is 12.5. The van der Waals surface area contributed by atoms with E-state index in [2.05, 4.69) is 40.5 Å². The number of pyridine rings is 1. The van der Waals surface area contributed by atoms with Crippen LogP contribution in [0.3, 0.4) is 0 Å². The zero-order valence-corrected chi connectivity index (χ0v) is 15.8. The fourth-order valence-electron chi connectivity index (χ4n) is 2.81. The van der Waals surface area contributed by atoms with Crippen LogP contribution in [0.25, 0.3) is 5.57 Å². The Kier molecular flexibility index (Phi) is 5.88. The zero-order chi connectivity index (χ0) is 18.5. The third kappa shape index (κ3) is 4.40. The van der Waals surface area contributed by atoms with Crippen LogP contribution in [0, 0.1) is 0 Å². The predicted octanol–water partition coefficient (Wildman–Crippen LogP) is 3.30. The smallest absolute Gasteiger partial charge is 0.317 e. The lowest BCUT2D eigenvalue weighted by atomic mass is 10.1. The molecule has 3 rings (SSSR count). The van der Waals surface area contributed by atoms with Crippen LogP contribution in [0.15, 0.2) is 30.7 Å². The minimum atomic E-state index is -0.0848. The maximum Gasteiger partial charge on any atom is 0.317 e. The Hall–Kier alpha value is -2.41. The van der Waals surface area contributed by atoms with Crippen molar-refractivity contribution in [1.29, 1.82) is 0 Å². The van der Waals surface area contributed by atoms with Crippen molar-refractivity contribution >= 4 is 23.2 Å². The van der Waals surface area contributed by atoms with Crippen LogP contribution in [0.5, 0.6) is 0 Å². The van der Waals surface area contributed by atoms with Gasteiger partial charge in [-0.3, -0.25) is 4.98 Å². The third-order valence-corrected chi connectivity index (χ3v) is 4.72. The summed E-state index contributed by atoms with van der Waals surface area (Å²) >= 11 is 6.08. The topological polar surface area (TPSA) is 75.9 Å². The number of halogens is 1. The molecule has 0 fully saturated rings. The van der Waals surface area contributed by atoms with E-state index in [1.54, 1.807) is 12.4 Å². The molecule has 8 heteroatoms. The Morgan fingerprint density at radius 3 is 2.96 bits per heavy atom. The Labute approximate surface area is 158 Å². The molecule has 1 aliphatic rings. The first-order chi connectivity index (χ1) is 12.5. The molecule has 3 heterocycles. The summed E-state index contributed by atoms with van der Waals surface area (Å²) in [6.45, 7) is 5.86. The summed E-state index contributed by atoms with van der Waals surface area (Å²) in [4.78, 5) is 18.2. The molecule has 0 saturated heterocycles. The molecule has 0 aromatic carbocycles. The molecule has 1 aliphatic heterocycles. The van der Waals surface area contributed by atoms with E-state index < -0.39 is 0 Å². The molecular weight excluding hydrogens is 352 g/mol. The van der Waals surface area contributed by atoms with Crippen molar-refractivity contribution in [3.63, 3.8) is 0 Å². The summed E-state index contributed by atoms with van der Waals surface area (Å²) < 4.78 is 1.85. The number of rotatable bonds is 4. The molecule has 138 valence electrons. The minimum Gasteiger partial charge on any atom is -0.334 e. The standard InChI is InChI=1S/C18H23ClN6O/c1-13(2)25-12-17(22-23-25)14-4-3-8-24(9-6-14)18(26)21-10-15-5-7-20-11-16(15)19/h4-5,7,11-13H,3,6,8-10H2,1-2H3,(H,21,26). The second kappa shape index (κ2) is 8.31. The molecule has 2 amide bonds. The first-order valence-corrected chi connectivity index (χ1v) is 9.15. The molecule has 26 heavy (non-hydrogen) atoms. The predicted molar refractivity (Wildman–Crippen MR) is 101 cm³/mol. The van der Waals surface area contributed by atoms with E-state index in [1.165, 1.54) is 0 Å². The van der Waals surface area contributed by atoms with Crippen molar-refractivity contribution in [3.05, 3.63) is 47.0 Å². The van der Waals surface area contributed by atoms with Gasteiger partial charge in [0.05, 0.1) is 11.2 Å². The number of amides is 2. The monoisotopic (exact) mass is 374 g/mol. The lowest BCUT2D eigenvalue weighted by molar-refractivity contribution is 0.200. The van der Waals surface area contributed by atoms with Gasteiger partial charge in [-0.15, -0.1) is 5.10 Å². The van der Waals surface area contributed by atoms with Gasteiger partial charge in [0.15, 0.2) is 0 Å². The van der Waals surface area contributed by atoms with E-state index in [9.17, 15) is 4.79 Å². The second-order valence-electron chi connectivity index (χ2n) is 6.56. The van der Waals surface area contributed by atoms with E-state index in [4.69, 9.17) is 11.6 Å². The summed E-state index contributed by atoms with van der Waals surface area (Å²) in [7, 11) is 0. The van der Waals surface area contributed by atoms with Crippen LogP contribution >= 0.6 is 11.6 Å². The van der Waals surface area contributed by atoms with Gasteiger partial charge in [0.2, 0.25) is 0 Å². The molecule has 2 aromatic rings. The lowest BCUT2D eigenvalue weighted by Crippen LogP contribution is -2.40. The van der Waals surface area contributed by atoms with Crippen LogP contribution < -0.4 is 5.32 Å². The van der Waals surface area contributed by atoms with Crippen molar-refractivity contribution in [2.75, 3.05) is 13.1 Å². The average molecular weight is 375 g/mol. The van der Waals surface area contributed by atoms with Gasteiger partial charge in [0.1, 0.15) is 5.69 Å². The maximum absolute atomic E-state index is 12.5. The van der Waals surface area contributed by atoms with Gasteiger partial charge in [-0.1, -0.05) is 22.9 Å². The van der Waals surface area contributed by atoms with E-state index in [-0.39, 0.29) is 12.1 Å². The van der Waals surface area contributed by atoms with E-state index >= 15 is 0 Å². The van der Waals surface area contributed by atoms with Gasteiger partial charge in [-0.25, -0.2) is 9.48 Å². The van der Waals surface area contributed by atoms with Gasteiger partial charge >= 0.3 is 6.03 Å². The number of nitrogens with one attached hydrogen (secondary N) is 1. The fourth-order valence-corrected chi connectivity index (χ4v) is 2.99. The summed E-state index contributed by atoms with van der Waals surface area (Å²) in [5, 5.41) is 11.9. The molecule has 7 nitrogen and oxygen atoms in total. The number of nitrogens with zero attached hydrogens (tertiary/aromatic N) is 5. The van der Waals surface area contributed by atoms with E-state index in [1.807, 2.05) is 21.8 Å². The number of urea groups is 1. The van der Waals surface area contributed by atoms with Gasteiger partial charge in [-0.2, -0.15) is 0 Å². The molecule has 0 aliphatic carbocycles. The number of aromatic nitrogens is 4. The highest BCUT2D eigenvalue weighted by atomic mass is 35.5. The summed E-state index contributed by atoms with van der Waals surface area (Å²) in [6, 6.07) is 2.01. The molecule has 0 spiro atoms. The van der Waals surface area contributed by atoms with Crippen LogP contribution in [-0.4, -0.2) is 44.0 Å². The molecule has 2 aromatic heterocycles. The van der Waals surface area contributed by atoms with Gasteiger partial charge in [0, 0.05) is 38.1 Å². The Morgan fingerprint density at radius 1 is 1.38 bits per heavy atom. The van der Waals surface area contributed by atoms with Crippen LogP contribution in [0.1, 0.15) is 44.0 Å². The van der Waals surface area contributed by atoms with Crippen LogP contribution in [-0.2, 0) is 6.54 Å². The molecule has 0 atom stereocenters. The molecular formula is C18H23ClN6O. The lowest BCUT2D eigenvalue weighted by Gasteiger charge is -2.21. The highest BCUT2D eigenvalue weighted by molar-refractivity contribution is 6.31. The van der Waals surface area contributed by atoms with E-state index in [0.717, 1.165) is 29.7 Å². The molecule has 0 saturated carbocycles. The first kappa shape index (κ1) is 18.4. The van der Waals surface area contributed by atoms with Crippen molar-refractivity contribution < 1.29 is 4.79 Å². The largest absolute Gasteiger partial charge is 0.334 e. The molecule has 0 bridgehead atoms. The summed E-state index contributed by atoms with van der Waals surface area (Å²) in [5.74, 6) is 0. The second-order valence-corrected chi connectivity index (χ2v) is 6.97. The Morgan fingerprint density at radius 2 is 2.23 bits per heavy atom. The minimum absolute atomic E-state index is 0.0848. The SMILES string of the molecule is CC(C)n1cc(C2=CCCN(C(=O)NCc3ccncc3Cl)CC2)nn1. The summed E-state index contributed by atoms with van der Waals surface area (Å²) in [5.41, 5.74) is 2.89. The number of hydrogen-bond acceptors (Lipinski definition) is 4. The number of carbonyl (C=O) groups is 1. The highest BCUT2D eigenvalue weighted by Gasteiger charge is 2.18. The first-order valence-electron chi connectivity index (χ1n) is 8.77. The normalized spacial score (nSPS) is 14.9. The molecule has 0 unspecified atom stereocenters. The Balaban J connectivity index is 1.55. The average Bonchev–Trinajstić information content (AvgIpc) is 2.99. The van der Waals surface area contributed by atoms with Gasteiger partial charge in [-0.05, 0) is 43.9 Å². The summed E-state index contributed by atoms with van der Waals surface area (Å²) in [6.07, 6.45) is 8.93.